The molecule has 1 fully saturated rings. The van der Waals surface area contributed by atoms with Gasteiger partial charge < -0.3 is 14.2 Å². The molecule has 1 heterocycles. The van der Waals surface area contributed by atoms with Crippen LogP contribution in [0.25, 0.3) is 0 Å². The molecule has 1 unspecified atom stereocenters. The summed E-state index contributed by atoms with van der Waals surface area (Å²) >= 11 is 0. The minimum absolute atomic E-state index is 0.156. The molecule has 1 aliphatic heterocycles. The summed E-state index contributed by atoms with van der Waals surface area (Å²) in [5.41, 5.74) is 0. The summed E-state index contributed by atoms with van der Waals surface area (Å²) in [5, 5.41) is 0. The molecule has 15 heavy (non-hydrogen) atoms. The van der Waals surface area contributed by atoms with Crippen molar-refractivity contribution in [2.75, 3.05) is 19.8 Å². The Morgan fingerprint density at radius 3 is 2.80 bits per heavy atom. The number of ether oxygens (including phenoxy) is 3. The van der Waals surface area contributed by atoms with E-state index in [0.29, 0.717) is 13.2 Å². The highest BCUT2D eigenvalue weighted by atomic mass is 16.6. The Morgan fingerprint density at radius 2 is 2.27 bits per heavy atom. The lowest BCUT2D eigenvalue weighted by atomic mass is 10.4. The van der Waals surface area contributed by atoms with Gasteiger partial charge in [0.15, 0.2) is 5.76 Å². The zero-order valence-corrected chi connectivity index (χ0v) is 9.32. The van der Waals surface area contributed by atoms with Crippen molar-refractivity contribution in [1.29, 1.82) is 0 Å². The van der Waals surface area contributed by atoms with Crippen LogP contribution in [0.15, 0.2) is 11.8 Å². The van der Waals surface area contributed by atoms with Crippen LogP contribution in [-0.2, 0) is 19.0 Å². The highest BCUT2D eigenvalue weighted by molar-refractivity contribution is 5.86. The number of carbonyl (C=O) groups excluding carboxylic acids is 1. The fourth-order valence-corrected chi connectivity index (χ4v) is 0.987. The standard InChI is InChI=1S/C11H18O4/c1-3-5-6-13-11(12)10(4-2)15-8-9-7-14-9/h4,9H,3,5-8H2,1-2H3. The second-order valence-electron chi connectivity index (χ2n) is 3.41. The van der Waals surface area contributed by atoms with Gasteiger partial charge >= 0.3 is 5.97 Å². The Hall–Kier alpha value is -1.03. The number of hydrogen-bond donors (Lipinski definition) is 0. The van der Waals surface area contributed by atoms with Crippen LogP contribution in [0.5, 0.6) is 0 Å². The molecule has 0 aromatic rings. The van der Waals surface area contributed by atoms with Crippen molar-refractivity contribution in [3.63, 3.8) is 0 Å². The molecule has 0 radical (unpaired) electrons. The van der Waals surface area contributed by atoms with E-state index < -0.39 is 0 Å². The lowest BCUT2D eigenvalue weighted by Crippen LogP contribution is -2.13. The number of allylic oxidation sites excluding steroid dienone is 1. The summed E-state index contributed by atoms with van der Waals surface area (Å²) in [6.45, 7) is 5.41. The maximum atomic E-state index is 11.4. The van der Waals surface area contributed by atoms with Gasteiger partial charge in [0.1, 0.15) is 12.7 Å². The largest absolute Gasteiger partial charge is 0.484 e. The van der Waals surface area contributed by atoms with E-state index in [0.717, 1.165) is 19.4 Å². The smallest absolute Gasteiger partial charge is 0.373 e. The molecule has 0 aromatic heterocycles. The SMILES string of the molecule is CC=C(OCC1CO1)C(=O)OCCCC. The minimum atomic E-state index is -0.383. The number of unbranched alkanes of at least 4 members (excludes halogenated alkanes) is 1. The van der Waals surface area contributed by atoms with E-state index in [-0.39, 0.29) is 17.8 Å². The number of epoxide rings is 1. The van der Waals surface area contributed by atoms with Gasteiger partial charge in [-0.1, -0.05) is 13.3 Å². The molecule has 0 spiro atoms. The van der Waals surface area contributed by atoms with E-state index in [9.17, 15) is 4.79 Å². The Labute approximate surface area is 90.2 Å². The summed E-state index contributed by atoms with van der Waals surface area (Å²) in [5.74, 6) is -0.104. The van der Waals surface area contributed by atoms with Crippen molar-refractivity contribution in [1.82, 2.24) is 0 Å². The molecule has 0 N–H and O–H groups in total. The third kappa shape index (κ3) is 4.83. The Kier molecular flexibility index (Phi) is 5.18. The average Bonchev–Trinajstić information content (AvgIpc) is 3.03. The number of rotatable bonds is 7. The van der Waals surface area contributed by atoms with Gasteiger partial charge in [-0.3, -0.25) is 0 Å². The van der Waals surface area contributed by atoms with E-state index in [1.54, 1.807) is 13.0 Å². The molecule has 4 nitrogen and oxygen atoms in total. The summed E-state index contributed by atoms with van der Waals surface area (Å²) in [7, 11) is 0. The normalized spacial score (nSPS) is 19.9. The molecule has 1 atom stereocenters. The van der Waals surface area contributed by atoms with Crippen LogP contribution in [0, 0.1) is 0 Å². The third-order valence-corrected chi connectivity index (χ3v) is 2.02. The lowest BCUT2D eigenvalue weighted by molar-refractivity contribution is -0.143. The van der Waals surface area contributed by atoms with Crippen LogP contribution in [0.4, 0.5) is 0 Å². The lowest BCUT2D eigenvalue weighted by Gasteiger charge is -2.08. The zero-order chi connectivity index (χ0) is 11.1. The van der Waals surface area contributed by atoms with E-state index in [4.69, 9.17) is 14.2 Å². The molecule has 86 valence electrons. The zero-order valence-electron chi connectivity index (χ0n) is 9.32. The van der Waals surface area contributed by atoms with Crippen LogP contribution < -0.4 is 0 Å². The van der Waals surface area contributed by atoms with Gasteiger partial charge in [0, 0.05) is 0 Å². The van der Waals surface area contributed by atoms with Crippen molar-refractivity contribution in [3.8, 4) is 0 Å². The van der Waals surface area contributed by atoms with Gasteiger partial charge in [-0.2, -0.15) is 0 Å². The fraction of sp³-hybridized carbons (Fsp3) is 0.727. The highest BCUT2D eigenvalue weighted by Gasteiger charge is 2.24. The van der Waals surface area contributed by atoms with Crippen LogP contribution in [0.1, 0.15) is 26.7 Å². The summed E-state index contributed by atoms with van der Waals surface area (Å²) in [6.07, 6.45) is 3.67. The van der Waals surface area contributed by atoms with E-state index >= 15 is 0 Å². The number of carbonyl (C=O) groups is 1. The predicted octanol–water partition coefficient (Wildman–Crippen LogP) is 1.65. The number of esters is 1. The molecule has 0 aromatic carbocycles. The van der Waals surface area contributed by atoms with E-state index in [1.165, 1.54) is 0 Å². The van der Waals surface area contributed by atoms with Crippen LogP contribution >= 0.6 is 0 Å². The quantitative estimate of drug-likeness (QED) is 0.212. The van der Waals surface area contributed by atoms with Gasteiger partial charge in [-0.15, -0.1) is 0 Å². The predicted molar refractivity (Wildman–Crippen MR) is 55.3 cm³/mol. The molecular weight excluding hydrogens is 196 g/mol. The Morgan fingerprint density at radius 1 is 1.53 bits per heavy atom. The minimum Gasteiger partial charge on any atom is -0.484 e. The second-order valence-corrected chi connectivity index (χ2v) is 3.41. The Balaban J connectivity index is 2.20. The van der Waals surface area contributed by atoms with Crippen molar-refractivity contribution in [2.24, 2.45) is 0 Å². The average molecular weight is 214 g/mol. The molecule has 1 rings (SSSR count). The number of hydrogen-bond acceptors (Lipinski definition) is 4. The van der Waals surface area contributed by atoms with Crippen LogP contribution in [0.2, 0.25) is 0 Å². The summed E-state index contributed by atoms with van der Waals surface area (Å²) in [4.78, 5) is 11.4. The Bertz CT molecular complexity index is 231. The van der Waals surface area contributed by atoms with Gasteiger partial charge in [0.05, 0.1) is 13.2 Å². The molecular formula is C11H18O4. The van der Waals surface area contributed by atoms with Crippen LogP contribution in [-0.4, -0.2) is 31.9 Å². The molecule has 0 amide bonds. The molecule has 0 aliphatic carbocycles. The second kappa shape index (κ2) is 6.45. The first-order valence-corrected chi connectivity index (χ1v) is 5.35. The highest BCUT2D eigenvalue weighted by Crippen LogP contribution is 2.12. The molecule has 0 bridgehead atoms. The summed E-state index contributed by atoms with van der Waals surface area (Å²) < 4.78 is 15.3. The molecule has 4 heteroatoms. The van der Waals surface area contributed by atoms with E-state index in [1.807, 2.05) is 6.92 Å². The van der Waals surface area contributed by atoms with Crippen LogP contribution in [0.3, 0.4) is 0 Å². The fourth-order valence-electron chi connectivity index (χ4n) is 0.987. The van der Waals surface area contributed by atoms with Crippen molar-refractivity contribution in [2.45, 2.75) is 32.8 Å². The third-order valence-electron chi connectivity index (χ3n) is 2.02. The van der Waals surface area contributed by atoms with Gasteiger partial charge in [0.2, 0.25) is 0 Å². The first-order valence-electron chi connectivity index (χ1n) is 5.35. The first kappa shape index (κ1) is 12.0. The van der Waals surface area contributed by atoms with Crippen molar-refractivity contribution >= 4 is 5.97 Å². The molecule has 0 saturated carbocycles. The van der Waals surface area contributed by atoms with Gasteiger partial charge in [-0.05, 0) is 19.4 Å². The van der Waals surface area contributed by atoms with Crippen molar-refractivity contribution < 1.29 is 19.0 Å². The van der Waals surface area contributed by atoms with Crippen molar-refractivity contribution in [3.05, 3.63) is 11.8 Å². The molecule has 1 saturated heterocycles. The maximum absolute atomic E-state index is 11.4. The van der Waals surface area contributed by atoms with Gasteiger partial charge in [-0.25, -0.2) is 4.79 Å². The molecule has 1 aliphatic rings. The maximum Gasteiger partial charge on any atom is 0.373 e. The van der Waals surface area contributed by atoms with Gasteiger partial charge in [0.25, 0.3) is 0 Å². The topological polar surface area (TPSA) is 48.1 Å². The summed E-state index contributed by atoms with van der Waals surface area (Å²) in [6, 6.07) is 0. The first-order chi connectivity index (χ1) is 7.27. The van der Waals surface area contributed by atoms with E-state index in [2.05, 4.69) is 0 Å². The monoisotopic (exact) mass is 214 g/mol.